The van der Waals surface area contributed by atoms with Crippen molar-refractivity contribution in [3.05, 3.63) is 179 Å². The number of nitrogens with zero attached hydrogens (tertiary/aromatic N) is 11. The summed E-state index contributed by atoms with van der Waals surface area (Å²) in [5, 5.41) is 34.6. The van der Waals surface area contributed by atoms with Crippen LogP contribution in [0.4, 0.5) is 13.2 Å². The number of imidazole rings is 3. The number of hydrogen-bond donors (Lipinski definition) is 6. The third kappa shape index (κ3) is 22.4. The molecular weight excluding hydrogens is 1240 g/mol. The molecule has 0 aliphatic heterocycles. The lowest BCUT2D eigenvalue weighted by Gasteiger charge is -2.19. The van der Waals surface area contributed by atoms with Crippen LogP contribution >= 0.6 is 0 Å². The molecule has 0 aliphatic carbocycles. The maximum absolute atomic E-state index is 13.3. The molecule has 3 aromatic carbocycles. The normalized spacial score (nSPS) is 11.9. The molecule has 2 amide bonds. The standard InChI is InChI=1S/2C24H27FN6O3.C20H20FN5O2/c2*1-31(2)15-21(33)28-18(6-4-3-5-7-20(32)24-27-12-13-34-24)22-19(14-26)29-23(30-22)16-8-10-17(25)11-9-16;21-14-8-6-13(7-9-14)19-25-16(12-22)18(26-19)15(23)4-2-1-3-5-17(27)20-24-10-11-28-20/h2*8-13,18H,3-7,15H2,1-2H3,(H,28,33)(H,29,30);6-11,15H,1-5,23H2,(H,25,26)/t2*18-;15-/m000/s1. The van der Waals surface area contributed by atoms with E-state index in [1.165, 1.54) is 73.8 Å². The van der Waals surface area contributed by atoms with Gasteiger partial charge in [0, 0.05) is 42.0 Å². The summed E-state index contributed by atoms with van der Waals surface area (Å²) in [5.74, 6) is -0.159. The first kappa shape index (κ1) is 72.4. The molecule has 96 heavy (non-hydrogen) atoms. The van der Waals surface area contributed by atoms with Gasteiger partial charge < -0.3 is 54.4 Å². The summed E-state index contributed by atoms with van der Waals surface area (Å²) >= 11 is 0. The monoisotopic (exact) mass is 1310 g/mol. The summed E-state index contributed by atoms with van der Waals surface area (Å²) in [4.78, 5) is 98.2. The van der Waals surface area contributed by atoms with Crippen molar-refractivity contribution >= 4 is 29.2 Å². The number of likely N-dealkylation sites (N-methyl/N-ethyl adjacent to an activating group) is 2. The molecule has 0 aliphatic rings. The first-order valence-corrected chi connectivity index (χ1v) is 31.0. The SMILES string of the molecule is CN(C)CC(=O)N[C@@H](CCCCCC(=O)c1ncco1)c1[nH]c(-c2ccc(F)cc2)nc1C#N.CN(C)CC(=O)N[C@@H](CCCCCC(=O)c1ncco1)c1[nH]c(-c2ccc(F)cc2)nc1C#N.N#Cc1nc(-c2ccc(F)cc2)[nH]c1[C@@H](N)CCCCCC(=O)c1ncco1. The minimum absolute atomic E-state index is 0.110. The van der Waals surface area contributed by atoms with Crippen molar-refractivity contribution < 1.29 is 50.4 Å². The predicted molar refractivity (Wildman–Crippen MR) is 344 cm³/mol. The predicted octanol–water partition coefficient (Wildman–Crippen LogP) is 11.2. The van der Waals surface area contributed by atoms with Gasteiger partial charge in [-0.1, -0.05) is 38.5 Å². The fraction of sp³-hybridized carbons (Fsp3) is 0.353. The van der Waals surface area contributed by atoms with Gasteiger partial charge in [0.05, 0.1) is 60.8 Å². The van der Waals surface area contributed by atoms with Crippen LogP contribution in [0.5, 0.6) is 0 Å². The Kier molecular flexibility index (Phi) is 28.0. The fourth-order valence-electron chi connectivity index (χ4n) is 10.1. The van der Waals surface area contributed by atoms with Crippen molar-refractivity contribution in [2.45, 2.75) is 114 Å². The Morgan fingerprint density at radius 3 is 1.06 bits per heavy atom. The zero-order valence-electron chi connectivity index (χ0n) is 53.5. The van der Waals surface area contributed by atoms with Gasteiger partial charge in [0.2, 0.25) is 29.2 Å². The summed E-state index contributed by atoms with van der Waals surface area (Å²) in [6.45, 7) is 0.393. The number of halogens is 3. The number of H-pyrrole nitrogens is 3. The number of Topliss-reactive ketones (excluding diaryl/α,β-unsaturated/α-hetero) is 3. The Morgan fingerprint density at radius 1 is 0.469 bits per heavy atom. The number of rotatable bonds is 33. The summed E-state index contributed by atoms with van der Waals surface area (Å²) in [7, 11) is 7.18. The van der Waals surface area contributed by atoms with Crippen LogP contribution in [0.2, 0.25) is 0 Å². The number of carbonyl (C=O) groups excluding carboxylic acids is 5. The highest BCUT2D eigenvalue weighted by atomic mass is 19.1. The fourth-order valence-corrected chi connectivity index (χ4v) is 10.1. The molecule has 0 fully saturated rings. The van der Waals surface area contributed by atoms with Gasteiger partial charge in [-0.3, -0.25) is 24.0 Å². The Bertz CT molecular complexity index is 3870. The smallest absolute Gasteiger partial charge is 0.263 e. The van der Waals surface area contributed by atoms with Crippen molar-refractivity contribution in [3.63, 3.8) is 0 Å². The Labute approximate surface area is 551 Å². The van der Waals surface area contributed by atoms with Gasteiger partial charge in [-0.15, -0.1) is 0 Å². The van der Waals surface area contributed by atoms with Crippen LogP contribution in [0.3, 0.4) is 0 Å². The van der Waals surface area contributed by atoms with E-state index in [0.29, 0.717) is 122 Å². The number of nitrogens with one attached hydrogen (secondary N) is 5. The molecule has 28 heteroatoms. The quantitative estimate of drug-likeness (QED) is 0.0164. The van der Waals surface area contributed by atoms with E-state index >= 15 is 0 Å². The Hall–Kier alpha value is -11.0. The van der Waals surface area contributed by atoms with Gasteiger partial charge in [-0.2, -0.15) is 15.8 Å². The number of amides is 2. The molecule has 9 rings (SSSR count). The Balaban J connectivity index is 0.000000204. The van der Waals surface area contributed by atoms with E-state index in [2.05, 4.69) is 73.7 Å². The van der Waals surface area contributed by atoms with E-state index in [9.17, 15) is 52.9 Å². The van der Waals surface area contributed by atoms with E-state index in [1.807, 2.05) is 0 Å². The van der Waals surface area contributed by atoms with Gasteiger partial charge >= 0.3 is 0 Å². The molecule has 25 nitrogen and oxygen atoms in total. The lowest BCUT2D eigenvalue weighted by atomic mass is 10.0. The molecule has 3 atom stereocenters. The largest absolute Gasteiger partial charge is 0.442 e. The van der Waals surface area contributed by atoms with E-state index in [0.717, 1.165) is 25.7 Å². The molecule has 0 bridgehead atoms. The zero-order chi connectivity index (χ0) is 68.9. The second kappa shape index (κ2) is 37.0. The van der Waals surface area contributed by atoms with E-state index in [-0.39, 0.29) is 101 Å². The molecule has 0 radical (unpaired) electrons. The average Bonchev–Trinajstić information content (AvgIpc) is 1.71. The number of aromatic amines is 3. The molecule has 500 valence electrons. The first-order chi connectivity index (χ1) is 46.3. The van der Waals surface area contributed by atoms with Crippen molar-refractivity contribution in [3.8, 4) is 52.4 Å². The Morgan fingerprint density at radius 2 is 0.771 bits per heavy atom. The van der Waals surface area contributed by atoms with Gasteiger partial charge in [-0.05, 0) is 140 Å². The number of hydrogen-bond acceptors (Lipinski definition) is 20. The molecule has 0 saturated heterocycles. The van der Waals surface area contributed by atoms with E-state index in [1.54, 1.807) is 74.4 Å². The van der Waals surface area contributed by atoms with Crippen molar-refractivity contribution in [1.29, 1.82) is 15.8 Å². The van der Waals surface area contributed by atoms with Gasteiger partial charge in [0.25, 0.3) is 17.7 Å². The van der Waals surface area contributed by atoms with Gasteiger partial charge in [0.1, 0.15) is 71.9 Å². The summed E-state index contributed by atoms with van der Waals surface area (Å²) in [6, 6.07) is 22.3. The number of aromatic nitrogens is 9. The van der Waals surface area contributed by atoms with Crippen LogP contribution in [0.25, 0.3) is 34.2 Å². The summed E-state index contributed by atoms with van der Waals surface area (Å²) in [5.41, 5.74) is 10.3. The number of oxazole rings is 3. The molecule has 6 aromatic heterocycles. The van der Waals surface area contributed by atoms with Crippen molar-refractivity contribution in [1.82, 2.24) is 65.3 Å². The molecular formula is C68H74F3N17O8. The van der Waals surface area contributed by atoms with Crippen LogP contribution in [0, 0.1) is 51.4 Å². The molecule has 7 N–H and O–H groups in total. The average molecular weight is 1310 g/mol. The topological polar surface area (TPSA) is 377 Å². The molecule has 9 aromatic rings. The molecule has 6 heterocycles. The van der Waals surface area contributed by atoms with E-state index in [4.69, 9.17) is 19.0 Å². The lowest BCUT2D eigenvalue weighted by Crippen LogP contribution is -2.36. The van der Waals surface area contributed by atoms with Crippen LogP contribution < -0.4 is 16.4 Å². The van der Waals surface area contributed by atoms with Gasteiger partial charge in [-0.25, -0.2) is 43.1 Å². The van der Waals surface area contributed by atoms with Crippen LogP contribution in [-0.2, 0) is 9.59 Å². The maximum atomic E-state index is 13.3. The minimum atomic E-state index is -0.466. The van der Waals surface area contributed by atoms with Crippen LogP contribution in [0.1, 0.15) is 181 Å². The molecule has 0 saturated carbocycles. The molecule has 0 spiro atoms. The minimum Gasteiger partial charge on any atom is -0.442 e. The highest BCUT2D eigenvalue weighted by molar-refractivity contribution is 5.92. The number of benzene rings is 3. The second-order valence-corrected chi connectivity index (χ2v) is 22.8. The second-order valence-electron chi connectivity index (χ2n) is 22.8. The highest BCUT2D eigenvalue weighted by Gasteiger charge is 2.26. The summed E-state index contributed by atoms with van der Waals surface area (Å²) < 4.78 is 54.7. The number of ketones is 3. The highest BCUT2D eigenvalue weighted by Crippen LogP contribution is 2.30. The van der Waals surface area contributed by atoms with E-state index < -0.39 is 12.1 Å². The van der Waals surface area contributed by atoms with Gasteiger partial charge in [0.15, 0.2) is 17.1 Å². The van der Waals surface area contributed by atoms with Crippen molar-refractivity contribution in [2.75, 3.05) is 41.3 Å². The zero-order valence-corrected chi connectivity index (χ0v) is 53.5. The van der Waals surface area contributed by atoms with Crippen LogP contribution in [0.15, 0.2) is 123 Å². The van der Waals surface area contributed by atoms with Crippen molar-refractivity contribution in [2.24, 2.45) is 5.73 Å². The maximum Gasteiger partial charge on any atom is 0.263 e. The molecule has 0 unspecified atom stereocenters. The number of nitriles is 3. The first-order valence-electron chi connectivity index (χ1n) is 31.0. The summed E-state index contributed by atoms with van der Waals surface area (Å²) in [6.07, 6.45) is 17.7. The third-order valence-corrected chi connectivity index (χ3v) is 14.7. The number of unbranched alkanes of at least 4 members (excludes halogenated alkanes) is 6. The number of nitrogens with two attached hydrogens (primary N) is 1. The van der Waals surface area contributed by atoms with Crippen LogP contribution in [-0.4, -0.2) is 125 Å². The lowest BCUT2D eigenvalue weighted by molar-refractivity contribution is -0.123. The third-order valence-electron chi connectivity index (χ3n) is 14.7. The number of carbonyl (C=O) groups is 5.